The molecular formula is C11H20N4O. The molecule has 1 aliphatic heterocycles. The van der Waals surface area contributed by atoms with E-state index < -0.39 is 0 Å². The van der Waals surface area contributed by atoms with Crippen LogP contribution in [-0.4, -0.2) is 27.6 Å². The number of piperidine rings is 1. The number of aromatic nitrogens is 2. The van der Waals surface area contributed by atoms with Gasteiger partial charge in [-0.15, -0.1) is 0 Å². The zero-order valence-electron chi connectivity index (χ0n) is 10.0. The Morgan fingerprint density at radius 1 is 1.50 bits per heavy atom. The molecule has 1 aliphatic rings. The van der Waals surface area contributed by atoms with E-state index in [1.807, 2.05) is 0 Å². The van der Waals surface area contributed by atoms with Crippen molar-refractivity contribution in [3.05, 3.63) is 11.7 Å². The van der Waals surface area contributed by atoms with Gasteiger partial charge in [0.1, 0.15) is 0 Å². The lowest BCUT2D eigenvalue weighted by Crippen LogP contribution is -2.38. The number of nitrogens with two attached hydrogens (primary N) is 1. The fourth-order valence-electron chi connectivity index (χ4n) is 2.32. The van der Waals surface area contributed by atoms with E-state index in [1.54, 1.807) is 0 Å². The quantitative estimate of drug-likeness (QED) is 0.842. The van der Waals surface area contributed by atoms with E-state index in [1.165, 1.54) is 12.8 Å². The average Bonchev–Trinajstić information content (AvgIpc) is 2.77. The van der Waals surface area contributed by atoms with Crippen molar-refractivity contribution in [2.75, 3.05) is 6.54 Å². The Balaban J connectivity index is 2.16. The maximum atomic E-state index is 5.49. The van der Waals surface area contributed by atoms with Crippen molar-refractivity contribution in [2.45, 2.75) is 51.7 Å². The molecule has 0 aromatic carbocycles. The van der Waals surface area contributed by atoms with Gasteiger partial charge in [0.25, 0.3) is 0 Å². The molecule has 90 valence electrons. The summed E-state index contributed by atoms with van der Waals surface area (Å²) in [4.78, 5) is 6.77. The Labute approximate surface area is 96.0 Å². The fourth-order valence-corrected chi connectivity index (χ4v) is 2.32. The average molecular weight is 224 g/mol. The van der Waals surface area contributed by atoms with Crippen molar-refractivity contribution in [1.29, 1.82) is 0 Å². The van der Waals surface area contributed by atoms with Crippen molar-refractivity contribution in [1.82, 2.24) is 15.0 Å². The third-order valence-electron chi connectivity index (χ3n) is 3.16. The van der Waals surface area contributed by atoms with E-state index in [0.717, 1.165) is 18.9 Å². The fraction of sp³-hybridized carbons (Fsp3) is 0.818. The summed E-state index contributed by atoms with van der Waals surface area (Å²) in [7, 11) is 0. The maximum Gasteiger partial charge on any atom is 0.244 e. The molecule has 0 aliphatic carbocycles. The molecule has 1 unspecified atom stereocenters. The van der Waals surface area contributed by atoms with Crippen LogP contribution < -0.4 is 5.73 Å². The van der Waals surface area contributed by atoms with Gasteiger partial charge in [-0.05, 0) is 33.2 Å². The summed E-state index contributed by atoms with van der Waals surface area (Å²) in [5.74, 6) is 1.33. The van der Waals surface area contributed by atoms with Gasteiger partial charge in [0.2, 0.25) is 5.89 Å². The summed E-state index contributed by atoms with van der Waals surface area (Å²) in [6, 6.07) is 0.792. The SMILES string of the molecule is CC(C)N1CCCCC1c1nc(CN)no1. The van der Waals surface area contributed by atoms with Crippen LogP contribution in [0, 0.1) is 0 Å². The second-order valence-electron chi connectivity index (χ2n) is 4.60. The number of likely N-dealkylation sites (tertiary alicyclic amines) is 1. The lowest BCUT2D eigenvalue weighted by molar-refractivity contribution is 0.0875. The molecule has 2 heterocycles. The lowest BCUT2D eigenvalue weighted by atomic mass is 10.0. The molecule has 0 saturated carbocycles. The normalized spacial score (nSPS) is 22.9. The van der Waals surface area contributed by atoms with Gasteiger partial charge in [-0.25, -0.2) is 0 Å². The van der Waals surface area contributed by atoms with E-state index >= 15 is 0 Å². The summed E-state index contributed by atoms with van der Waals surface area (Å²) in [6.45, 7) is 5.87. The van der Waals surface area contributed by atoms with Crippen LogP contribution in [0.5, 0.6) is 0 Å². The summed E-state index contributed by atoms with van der Waals surface area (Å²) in [5, 5.41) is 3.87. The topological polar surface area (TPSA) is 68.2 Å². The van der Waals surface area contributed by atoms with E-state index in [9.17, 15) is 0 Å². The molecule has 1 aromatic rings. The molecule has 1 fully saturated rings. The highest BCUT2D eigenvalue weighted by atomic mass is 16.5. The van der Waals surface area contributed by atoms with Gasteiger partial charge >= 0.3 is 0 Å². The molecule has 1 saturated heterocycles. The highest BCUT2D eigenvalue weighted by Crippen LogP contribution is 2.31. The Hall–Kier alpha value is -0.940. The van der Waals surface area contributed by atoms with Crippen LogP contribution in [0.3, 0.4) is 0 Å². The van der Waals surface area contributed by atoms with Crippen molar-refractivity contribution in [2.24, 2.45) is 5.73 Å². The molecule has 1 aromatic heterocycles. The Kier molecular flexibility index (Phi) is 3.56. The van der Waals surface area contributed by atoms with Crippen LogP contribution in [0.1, 0.15) is 50.9 Å². The Morgan fingerprint density at radius 2 is 2.31 bits per heavy atom. The predicted molar refractivity (Wildman–Crippen MR) is 60.6 cm³/mol. The molecule has 16 heavy (non-hydrogen) atoms. The molecule has 0 spiro atoms. The zero-order chi connectivity index (χ0) is 11.5. The first kappa shape index (κ1) is 11.5. The summed E-state index contributed by atoms with van der Waals surface area (Å²) >= 11 is 0. The van der Waals surface area contributed by atoms with Gasteiger partial charge in [-0.3, -0.25) is 4.90 Å². The van der Waals surface area contributed by atoms with Gasteiger partial charge in [-0.1, -0.05) is 11.6 Å². The van der Waals surface area contributed by atoms with Crippen LogP contribution >= 0.6 is 0 Å². The predicted octanol–water partition coefficient (Wildman–Crippen LogP) is 1.46. The zero-order valence-corrected chi connectivity index (χ0v) is 10.0. The molecule has 2 N–H and O–H groups in total. The van der Waals surface area contributed by atoms with E-state index in [-0.39, 0.29) is 6.04 Å². The second kappa shape index (κ2) is 4.93. The summed E-state index contributed by atoms with van der Waals surface area (Å²) in [6.07, 6.45) is 3.59. The van der Waals surface area contributed by atoms with Gasteiger partial charge in [-0.2, -0.15) is 4.98 Å². The largest absolute Gasteiger partial charge is 0.338 e. The molecule has 0 bridgehead atoms. The van der Waals surface area contributed by atoms with Gasteiger partial charge in [0, 0.05) is 6.04 Å². The monoisotopic (exact) mass is 224 g/mol. The maximum absolute atomic E-state index is 5.49. The van der Waals surface area contributed by atoms with Gasteiger partial charge in [0.05, 0.1) is 12.6 Å². The highest BCUT2D eigenvalue weighted by molar-refractivity contribution is 4.96. The van der Waals surface area contributed by atoms with Crippen molar-refractivity contribution < 1.29 is 4.52 Å². The standard InChI is InChI=1S/C11H20N4O/c1-8(2)15-6-4-3-5-9(15)11-13-10(7-12)14-16-11/h8-9H,3-7,12H2,1-2H3. The third-order valence-corrected chi connectivity index (χ3v) is 3.16. The summed E-state index contributed by atoms with van der Waals surface area (Å²) in [5.41, 5.74) is 5.49. The number of hydrogen-bond acceptors (Lipinski definition) is 5. The first-order chi connectivity index (χ1) is 7.72. The van der Waals surface area contributed by atoms with Crippen LogP contribution in [0.25, 0.3) is 0 Å². The molecule has 2 rings (SSSR count). The Morgan fingerprint density at radius 3 is 2.94 bits per heavy atom. The van der Waals surface area contributed by atoms with Crippen LogP contribution in [0.4, 0.5) is 0 Å². The molecule has 5 nitrogen and oxygen atoms in total. The molecular weight excluding hydrogens is 204 g/mol. The first-order valence-corrected chi connectivity index (χ1v) is 6.00. The highest BCUT2D eigenvalue weighted by Gasteiger charge is 2.29. The van der Waals surface area contributed by atoms with E-state index in [4.69, 9.17) is 10.3 Å². The van der Waals surface area contributed by atoms with E-state index in [2.05, 4.69) is 28.9 Å². The van der Waals surface area contributed by atoms with E-state index in [0.29, 0.717) is 18.4 Å². The molecule has 0 radical (unpaired) electrons. The lowest BCUT2D eigenvalue weighted by Gasteiger charge is -2.36. The van der Waals surface area contributed by atoms with Gasteiger partial charge < -0.3 is 10.3 Å². The second-order valence-corrected chi connectivity index (χ2v) is 4.60. The third kappa shape index (κ3) is 2.25. The molecule has 0 amide bonds. The first-order valence-electron chi connectivity index (χ1n) is 6.00. The number of hydrogen-bond donors (Lipinski definition) is 1. The van der Waals surface area contributed by atoms with Gasteiger partial charge in [0.15, 0.2) is 5.82 Å². The smallest absolute Gasteiger partial charge is 0.244 e. The van der Waals surface area contributed by atoms with Crippen molar-refractivity contribution in [3.8, 4) is 0 Å². The van der Waals surface area contributed by atoms with Crippen molar-refractivity contribution >= 4 is 0 Å². The van der Waals surface area contributed by atoms with Crippen LogP contribution in [0.2, 0.25) is 0 Å². The summed E-state index contributed by atoms with van der Waals surface area (Å²) < 4.78 is 5.29. The minimum Gasteiger partial charge on any atom is -0.338 e. The number of rotatable bonds is 3. The number of nitrogens with zero attached hydrogens (tertiary/aromatic N) is 3. The van der Waals surface area contributed by atoms with Crippen molar-refractivity contribution in [3.63, 3.8) is 0 Å². The minimum absolute atomic E-state index is 0.279. The molecule has 5 heteroatoms. The van der Waals surface area contributed by atoms with Crippen LogP contribution in [0.15, 0.2) is 4.52 Å². The minimum atomic E-state index is 0.279. The Bertz CT molecular complexity index is 336. The van der Waals surface area contributed by atoms with Crippen LogP contribution in [-0.2, 0) is 6.54 Å². The molecule has 1 atom stereocenters.